The Labute approximate surface area is 161 Å². The van der Waals surface area contributed by atoms with Gasteiger partial charge in [0.2, 0.25) is 10.0 Å². The van der Waals surface area contributed by atoms with Gasteiger partial charge in [-0.3, -0.25) is 0 Å². The van der Waals surface area contributed by atoms with Gasteiger partial charge < -0.3 is 9.47 Å². The van der Waals surface area contributed by atoms with Crippen LogP contribution < -0.4 is 9.46 Å². The van der Waals surface area contributed by atoms with E-state index in [9.17, 15) is 13.2 Å². The van der Waals surface area contributed by atoms with Crippen LogP contribution in [0.3, 0.4) is 0 Å². The first-order valence-corrected chi connectivity index (χ1v) is 11.3. The molecule has 0 bridgehead atoms. The van der Waals surface area contributed by atoms with Crippen molar-refractivity contribution >= 4 is 16.0 Å². The Morgan fingerprint density at radius 1 is 1.22 bits per heavy atom. The van der Waals surface area contributed by atoms with E-state index in [4.69, 9.17) is 9.47 Å². The summed E-state index contributed by atoms with van der Waals surface area (Å²) in [7, 11) is -3.54. The van der Waals surface area contributed by atoms with Crippen molar-refractivity contribution < 1.29 is 22.7 Å². The van der Waals surface area contributed by atoms with Crippen molar-refractivity contribution in [2.45, 2.75) is 75.8 Å². The van der Waals surface area contributed by atoms with E-state index in [1.165, 1.54) is 6.42 Å². The monoisotopic (exact) mass is 395 g/mol. The first kappa shape index (κ1) is 20.1. The summed E-state index contributed by atoms with van der Waals surface area (Å²) in [6.07, 6.45) is 5.56. The van der Waals surface area contributed by atoms with Gasteiger partial charge >= 0.3 is 5.97 Å². The van der Waals surface area contributed by atoms with Gasteiger partial charge in [-0.1, -0.05) is 33.1 Å². The number of hydrogen-bond donors (Lipinski definition) is 1. The summed E-state index contributed by atoms with van der Waals surface area (Å²) in [5, 5.41) is 0. The Morgan fingerprint density at radius 2 is 1.96 bits per heavy atom. The minimum atomic E-state index is -3.54. The first-order chi connectivity index (χ1) is 12.8. The van der Waals surface area contributed by atoms with Gasteiger partial charge in [0, 0.05) is 6.04 Å². The second-order valence-corrected chi connectivity index (χ2v) is 9.61. The fourth-order valence-electron chi connectivity index (χ4n) is 3.55. The van der Waals surface area contributed by atoms with E-state index in [0.717, 1.165) is 31.2 Å². The summed E-state index contributed by atoms with van der Waals surface area (Å²) in [6, 6.07) is 4.88. The molecule has 7 heteroatoms. The van der Waals surface area contributed by atoms with Gasteiger partial charge in [0.25, 0.3) is 0 Å². The number of benzene rings is 1. The van der Waals surface area contributed by atoms with E-state index in [2.05, 4.69) is 4.72 Å². The lowest BCUT2D eigenvalue weighted by atomic mass is 9.96. The third kappa shape index (κ3) is 5.23. The van der Waals surface area contributed by atoms with E-state index >= 15 is 0 Å². The van der Waals surface area contributed by atoms with E-state index in [1.807, 2.05) is 13.8 Å². The third-order valence-corrected chi connectivity index (χ3v) is 6.55. The normalized spacial score (nSPS) is 20.8. The molecule has 0 unspecified atom stereocenters. The number of aryl methyl sites for hydroxylation is 1. The molecule has 0 radical (unpaired) electrons. The zero-order chi connectivity index (χ0) is 19.4. The highest BCUT2D eigenvalue weighted by Gasteiger charge is 2.29. The summed E-state index contributed by atoms with van der Waals surface area (Å²) >= 11 is 0. The largest absolute Gasteiger partial charge is 0.478 e. The van der Waals surface area contributed by atoms with Crippen LogP contribution in [0.2, 0.25) is 0 Å². The van der Waals surface area contributed by atoms with Crippen molar-refractivity contribution in [1.29, 1.82) is 0 Å². The molecule has 1 atom stereocenters. The molecule has 0 amide bonds. The van der Waals surface area contributed by atoms with Crippen molar-refractivity contribution in [2.75, 3.05) is 6.61 Å². The average Bonchev–Trinajstić information content (AvgIpc) is 2.65. The van der Waals surface area contributed by atoms with Crippen LogP contribution in [0, 0.1) is 5.92 Å². The molecule has 1 fully saturated rings. The molecule has 0 spiro atoms. The second kappa shape index (κ2) is 8.61. The number of sulfonamides is 1. The standard InChI is InChI=1S/C20H29NO5S/c1-14(2)13-25-20(22)19-10-8-15-12-17(9-11-18(15)26-19)27(23,24)21-16-6-4-3-5-7-16/h9,11-12,14,16,19,21H,3-8,10,13H2,1-2H3/t19-/m1/s1. The predicted molar refractivity (Wildman–Crippen MR) is 102 cm³/mol. The lowest BCUT2D eigenvalue weighted by Crippen LogP contribution is -2.36. The van der Waals surface area contributed by atoms with Crippen LogP contribution in [-0.2, 0) is 26.0 Å². The SMILES string of the molecule is CC(C)COC(=O)[C@H]1CCc2cc(S(=O)(=O)NC3CCCCC3)ccc2O1. The molecular formula is C20H29NO5S. The smallest absolute Gasteiger partial charge is 0.347 e. The number of ether oxygens (including phenoxy) is 2. The molecular weight excluding hydrogens is 366 g/mol. The average molecular weight is 396 g/mol. The summed E-state index contributed by atoms with van der Waals surface area (Å²) in [5.74, 6) is 0.476. The van der Waals surface area contributed by atoms with Gasteiger partial charge in [-0.25, -0.2) is 17.9 Å². The molecule has 1 aromatic carbocycles. The number of fused-ring (bicyclic) bond motifs is 1. The van der Waals surface area contributed by atoms with Crippen LogP contribution in [0.4, 0.5) is 0 Å². The van der Waals surface area contributed by atoms with Crippen LogP contribution in [-0.4, -0.2) is 33.1 Å². The summed E-state index contributed by atoms with van der Waals surface area (Å²) in [6.45, 7) is 4.33. The Kier molecular flexibility index (Phi) is 6.42. The lowest BCUT2D eigenvalue weighted by molar-refractivity contribution is -0.153. The molecule has 1 N–H and O–H groups in total. The second-order valence-electron chi connectivity index (χ2n) is 7.89. The Hall–Kier alpha value is -1.60. The summed E-state index contributed by atoms with van der Waals surface area (Å²) in [5.41, 5.74) is 0.814. The fraction of sp³-hybridized carbons (Fsp3) is 0.650. The quantitative estimate of drug-likeness (QED) is 0.748. The Bertz CT molecular complexity index is 769. The number of hydrogen-bond acceptors (Lipinski definition) is 5. The van der Waals surface area contributed by atoms with Crippen molar-refractivity contribution in [3.63, 3.8) is 0 Å². The zero-order valence-corrected chi connectivity index (χ0v) is 16.9. The number of rotatable bonds is 6. The fourth-order valence-corrected chi connectivity index (χ4v) is 4.90. The highest BCUT2D eigenvalue weighted by Crippen LogP contribution is 2.30. The van der Waals surface area contributed by atoms with Gasteiger partial charge in [-0.15, -0.1) is 0 Å². The van der Waals surface area contributed by atoms with Gasteiger partial charge in [-0.2, -0.15) is 0 Å². The zero-order valence-electron chi connectivity index (χ0n) is 16.1. The van der Waals surface area contributed by atoms with Crippen molar-refractivity contribution in [3.8, 4) is 5.75 Å². The van der Waals surface area contributed by atoms with Crippen LogP contribution in [0.15, 0.2) is 23.1 Å². The topological polar surface area (TPSA) is 81.7 Å². The molecule has 0 aromatic heterocycles. The molecule has 3 rings (SSSR count). The maximum Gasteiger partial charge on any atom is 0.347 e. The minimum Gasteiger partial charge on any atom is -0.478 e. The van der Waals surface area contributed by atoms with Crippen molar-refractivity contribution in [3.05, 3.63) is 23.8 Å². The van der Waals surface area contributed by atoms with Crippen LogP contribution in [0.5, 0.6) is 5.75 Å². The Balaban J connectivity index is 1.66. The maximum atomic E-state index is 12.7. The van der Waals surface area contributed by atoms with E-state index in [0.29, 0.717) is 25.2 Å². The Morgan fingerprint density at radius 3 is 2.67 bits per heavy atom. The van der Waals surface area contributed by atoms with Crippen molar-refractivity contribution in [2.24, 2.45) is 5.92 Å². The highest BCUT2D eigenvalue weighted by atomic mass is 32.2. The summed E-state index contributed by atoms with van der Waals surface area (Å²) in [4.78, 5) is 12.4. The van der Waals surface area contributed by atoms with Crippen LogP contribution >= 0.6 is 0 Å². The molecule has 1 aromatic rings. The van der Waals surface area contributed by atoms with Gasteiger partial charge in [0.05, 0.1) is 11.5 Å². The molecule has 2 aliphatic rings. The maximum absolute atomic E-state index is 12.7. The molecule has 1 heterocycles. The third-order valence-electron chi connectivity index (χ3n) is 5.04. The molecule has 27 heavy (non-hydrogen) atoms. The molecule has 1 saturated carbocycles. The van der Waals surface area contributed by atoms with Crippen LogP contribution in [0.1, 0.15) is 57.9 Å². The summed E-state index contributed by atoms with van der Waals surface area (Å²) < 4.78 is 39.2. The predicted octanol–water partition coefficient (Wildman–Crippen LogP) is 3.19. The minimum absolute atomic E-state index is 0.0242. The number of nitrogens with one attached hydrogen (secondary N) is 1. The first-order valence-electron chi connectivity index (χ1n) is 9.83. The molecule has 1 aliphatic heterocycles. The molecule has 150 valence electrons. The number of esters is 1. The van der Waals surface area contributed by atoms with Crippen molar-refractivity contribution in [1.82, 2.24) is 4.72 Å². The van der Waals surface area contributed by atoms with E-state index < -0.39 is 16.1 Å². The van der Waals surface area contributed by atoms with E-state index in [1.54, 1.807) is 18.2 Å². The molecule has 0 saturated heterocycles. The molecule has 6 nitrogen and oxygen atoms in total. The molecule has 1 aliphatic carbocycles. The number of carbonyl (C=O) groups excluding carboxylic acids is 1. The van der Waals surface area contributed by atoms with E-state index in [-0.39, 0.29) is 22.8 Å². The van der Waals surface area contributed by atoms with Gasteiger partial charge in [-0.05, 0) is 55.4 Å². The number of carbonyl (C=O) groups is 1. The van der Waals surface area contributed by atoms with Gasteiger partial charge in [0.1, 0.15) is 5.75 Å². The lowest BCUT2D eigenvalue weighted by Gasteiger charge is -2.26. The highest BCUT2D eigenvalue weighted by molar-refractivity contribution is 7.89. The van der Waals surface area contributed by atoms with Gasteiger partial charge in [0.15, 0.2) is 6.10 Å². The van der Waals surface area contributed by atoms with Crippen LogP contribution in [0.25, 0.3) is 0 Å².